The smallest absolute Gasteiger partial charge is 0.358 e. The molecule has 112 valence electrons. The number of hydrogen-bond donors (Lipinski definition) is 0. The summed E-state index contributed by atoms with van der Waals surface area (Å²) in [5.41, 5.74) is 2.13. The van der Waals surface area contributed by atoms with Crippen molar-refractivity contribution in [2.75, 3.05) is 0 Å². The Morgan fingerprint density at radius 2 is 2.05 bits per heavy atom. The number of nitrogens with zero attached hydrogens (tertiary/aromatic N) is 3. The number of para-hydroxylation sites is 2. The third-order valence-electron chi connectivity index (χ3n) is 3.42. The molecule has 0 fully saturated rings. The molecular formula is C16H14BrN3O2. The molecule has 1 atom stereocenters. The molecule has 0 aliphatic rings. The first-order chi connectivity index (χ1) is 10.6. The van der Waals surface area contributed by atoms with E-state index in [1.165, 1.54) is 0 Å². The Hall–Kier alpha value is -2.21. The fourth-order valence-electron chi connectivity index (χ4n) is 2.33. The minimum absolute atomic E-state index is 0.258. The SMILES string of the molecule is C[C@H](OC(=O)c1ncccc1Br)c1nc2ccccc2n1C. The third kappa shape index (κ3) is 2.62. The standard InChI is InChI=1S/C16H14BrN3O2/c1-10(22-16(21)14-11(17)6-5-9-18-14)15-19-12-7-3-4-8-13(12)20(15)2/h3-10H,1-2H3/t10-/m0/s1. The van der Waals surface area contributed by atoms with Crippen LogP contribution in [0.25, 0.3) is 11.0 Å². The first kappa shape index (κ1) is 14.7. The number of ether oxygens (including phenoxy) is 1. The topological polar surface area (TPSA) is 57.0 Å². The number of carbonyl (C=O) groups is 1. The number of pyridine rings is 1. The van der Waals surface area contributed by atoms with Crippen molar-refractivity contribution < 1.29 is 9.53 Å². The molecule has 5 nitrogen and oxygen atoms in total. The Bertz CT molecular complexity index is 844. The van der Waals surface area contributed by atoms with Crippen LogP contribution in [0.2, 0.25) is 0 Å². The summed E-state index contributed by atoms with van der Waals surface area (Å²) in [5, 5.41) is 0. The largest absolute Gasteiger partial charge is 0.450 e. The quantitative estimate of drug-likeness (QED) is 0.669. The highest BCUT2D eigenvalue weighted by Gasteiger charge is 2.21. The molecule has 0 amide bonds. The Balaban J connectivity index is 1.87. The zero-order chi connectivity index (χ0) is 15.7. The van der Waals surface area contributed by atoms with E-state index in [9.17, 15) is 4.79 Å². The lowest BCUT2D eigenvalue weighted by Crippen LogP contribution is -2.14. The molecule has 0 saturated carbocycles. The molecule has 0 spiro atoms. The zero-order valence-corrected chi connectivity index (χ0v) is 13.7. The minimum Gasteiger partial charge on any atom is -0.450 e. The van der Waals surface area contributed by atoms with Gasteiger partial charge in [0, 0.05) is 13.2 Å². The van der Waals surface area contributed by atoms with E-state index in [0.717, 1.165) is 11.0 Å². The van der Waals surface area contributed by atoms with Gasteiger partial charge < -0.3 is 9.30 Å². The molecule has 22 heavy (non-hydrogen) atoms. The molecule has 0 aliphatic heterocycles. The van der Waals surface area contributed by atoms with E-state index in [0.29, 0.717) is 10.3 Å². The third-order valence-corrected chi connectivity index (χ3v) is 4.06. The normalized spacial score (nSPS) is 12.3. The van der Waals surface area contributed by atoms with Crippen molar-refractivity contribution in [1.82, 2.24) is 14.5 Å². The fourth-order valence-corrected chi connectivity index (χ4v) is 2.75. The molecule has 3 aromatic rings. The maximum Gasteiger partial charge on any atom is 0.358 e. The number of carbonyl (C=O) groups excluding carboxylic acids is 1. The second kappa shape index (κ2) is 5.88. The average molecular weight is 360 g/mol. The van der Waals surface area contributed by atoms with Gasteiger partial charge in [-0.1, -0.05) is 12.1 Å². The van der Waals surface area contributed by atoms with Crippen molar-refractivity contribution in [3.05, 3.63) is 58.6 Å². The lowest BCUT2D eigenvalue weighted by atomic mass is 10.3. The van der Waals surface area contributed by atoms with Crippen LogP contribution in [0.3, 0.4) is 0 Å². The lowest BCUT2D eigenvalue weighted by molar-refractivity contribution is 0.0307. The van der Waals surface area contributed by atoms with E-state index in [4.69, 9.17) is 4.74 Å². The van der Waals surface area contributed by atoms with E-state index in [2.05, 4.69) is 25.9 Å². The minimum atomic E-state index is -0.480. The summed E-state index contributed by atoms with van der Waals surface area (Å²) < 4.78 is 8.04. The summed E-state index contributed by atoms with van der Waals surface area (Å²) in [6.07, 6.45) is 1.08. The molecular weight excluding hydrogens is 346 g/mol. The second-order valence-electron chi connectivity index (χ2n) is 4.90. The number of rotatable bonds is 3. The Kier molecular flexibility index (Phi) is 3.94. The van der Waals surface area contributed by atoms with Gasteiger partial charge in [-0.15, -0.1) is 0 Å². The predicted octanol–water partition coefficient (Wildman–Crippen LogP) is 3.65. The van der Waals surface area contributed by atoms with Crippen LogP contribution >= 0.6 is 15.9 Å². The summed E-state index contributed by atoms with van der Waals surface area (Å²) in [7, 11) is 1.91. The monoisotopic (exact) mass is 359 g/mol. The van der Waals surface area contributed by atoms with Gasteiger partial charge >= 0.3 is 5.97 Å². The summed E-state index contributed by atoms with van der Waals surface area (Å²) in [4.78, 5) is 20.8. The number of fused-ring (bicyclic) bond motifs is 1. The summed E-state index contributed by atoms with van der Waals surface area (Å²) in [6.45, 7) is 1.80. The van der Waals surface area contributed by atoms with Crippen LogP contribution in [0.4, 0.5) is 0 Å². The summed E-state index contributed by atoms with van der Waals surface area (Å²) >= 11 is 3.30. The van der Waals surface area contributed by atoms with Crippen LogP contribution in [0.5, 0.6) is 0 Å². The van der Waals surface area contributed by atoms with Crippen molar-refractivity contribution >= 4 is 32.9 Å². The van der Waals surface area contributed by atoms with Crippen LogP contribution < -0.4 is 0 Å². The maximum atomic E-state index is 12.2. The Labute approximate surface area is 136 Å². The molecule has 3 rings (SSSR count). The van der Waals surface area contributed by atoms with Gasteiger partial charge in [0.25, 0.3) is 0 Å². The van der Waals surface area contributed by atoms with Crippen molar-refractivity contribution in [2.24, 2.45) is 7.05 Å². The van der Waals surface area contributed by atoms with E-state index in [-0.39, 0.29) is 5.69 Å². The van der Waals surface area contributed by atoms with E-state index < -0.39 is 12.1 Å². The summed E-state index contributed by atoms with van der Waals surface area (Å²) in [6, 6.07) is 11.3. The van der Waals surface area contributed by atoms with E-state index >= 15 is 0 Å². The molecule has 6 heteroatoms. The average Bonchev–Trinajstić information content (AvgIpc) is 2.85. The van der Waals surface area contributed by atoms with Crippen molar-refractivity contribution in [2.45, 2.75) is 13.0 Å². The van der Waals surface area contributed by atoms with Gasteiger partial charge in [0.1, 0.15) is 0 Å². The van der Waals surface area contributed by atoms with Gasteiger partial charge in [-0.25, -0.2) is 14.8 Å². The molecule has 2 aromatic heterocycles. The zero-order valence-electron chi connectivity index (χ0n) is 12.2. The van der Waals surface area contributed by atoms with Crippen molar-refractivity contribution in [3.8, 4) is 0 Å². The fraction of sp³-hybridized carbons (Fsp3) is 0.188. The first-order valence-electron chi connectivity index (χ1n) is 6.81. The van der Waals surface area contributed by atoms with Gasteiger partial charge in [-0.2, -0.15) is 0 Å². The summed E-state index contributed by atoms with van der Waals surface area (Å²) in [5.74, 6) is 0.216. The molecule has 0 N–H and O–H groups in total. The molecule has 0 saturated heterocycles. The number of esters is 1. The first-order valence-corrected chi connectivity index (χ1v) is 7.60. The molecule has 0 bridgehead atoms. The number of hydrogen-bond acceptors (Lipinski definition) is 4. The number of halogens is 1. The molecule has 0 aliphatic carbocycles. The van der Waals surface area contributed by atoms with Gasteiger partial charge in [0.05, 0.1) is 15.5 Å². The molecule has 0 radical (unpaired) electrons. The Morgan fingerprint density at radius 1 is 1.27 bits per heavy atom. The van der Waals surface area contributed by atoms with E-state index in [1.807, 2.05) is 35.9 Å². The van der Waals surface area contributed by atoms with Crippen LogP contribution in [-0.2, 0) is 11.8 Å². The highest BCUT2D eigenvalue weighted by molar-refractivity contribution is 9.10. The second-order valence-corrected chi connectivity index (χ2v) is 5.75. The molecule has 0 unspecified atom stereocenters. The van der Waals surface area contributed by atoms with Crippen LogP contribution in [-0.4, -0.2) is 20.5 Å². The highest BCUT2D eigenvalue weighted by atomic mass is 79.9. The molecule has 1 aromatic carbocycles. The Morgan fingerprint density at radius 3 is 2.77 bits per heavy atom. The van der Waals surface area contributed by atoms with Gasteiger partial charge in [-0.05, 0) is 47.1 Å². The number of benzene rings is 1. The van der Waals surface area contributed by atoms with E-state index in [1.54, 1.807) is 25.3 Å². The number of aromatic nitrogens is 3. The lowest BCUT2D eigenvalue weighted by Gasteiger charge is -2.13. The number of imidazole rings is 1. The van der Waals surface area contributed by atoms with Gasteiger partial charge in [-0.3, -0.25) is 0 Å². The maximum absolute atomic E-state index is 12.2. The van der Waals surface area contributed by atoms with Crippen LogP contribution in [0.15, 0.2) is 47.1 Å². The number of aryl methyl sites for hydroxylation is 1. The van der Waals surface area contributed by atoms with Gasteiger partial charge in [0.15, 0.2) is 17.6 Å². The predicted molar refractivity (Wildman–Crippen MR) is 86.5 cm³/mol. The van der Waals surface area contributed by atoms with Crippen molar-refractivity contribution in [3.63, 3.8) is 0 Å². The van der Waals surface area contributed by atoms with Gasteiger partial charge in [0.2, 0.25) is 0 Å². The molecule has 2 heterocycles. The van der Waals surface area contributed by atoms with Crippen LogP contribution in [0, 0.1) is 0 Å². The van der Waals surface area contributed by atoms with Crippen LogP contribution in [0.1, 0.15) is 29.3 Å². The van der Waals surface area contributed by atoms with Crippen molar-refractivity contribution in [1.29, 1.82) is 0 Å². The highest BCUT2D eigenvalue weighted by Crippen LogP contribution is 2.23.